The summed E-state index contributed by atoms with van der Waals surface area (Å²) >= 11 is 1.26. The number of hydrogen-bond acceptors (Lipinski definition) is 7. The molecule has 0 aromatic heterocycles. The van der Waals surface area contributed by atoms with E-state index in [-0.39, 0.29) is 36.4 Å². The second-order valence-corrected chi connectivity index (χ2v) is 9.72. The third-order valence-corrected chi connectivity index (χ3v) is 7.81. The van der Waals surface area contributed by atoms with Gasteiger partial charge in [-0.15, -0.1) is 11.8 Å². The Morgan fingerprint density at radius 1 is 1.41 bits per heavy atom. The average molecular weight is 473 g/mol. The van der Waals surface area contributed by atoms with E-state index in [4.69, 9.17) is 4.74 Å². The number of carbonyl (C=O) groups is 3. The molecule has 0 aliphatic carbocycles. The van der Waals surface area contributed by atoms with Gasteiger partial charge < -0.3 is 29.9 Å². The average Bonchev–Trinajstić information content (AvgIpc) is 3.25. The van der Waals surface area contributed by atoms with Gasteiger partial charge >= 0.3 is 12.1 Å². The minimum absolute atomic E-state index is 0.0100. The zero-order chi connectivity index (χ0) is 23.7. The number of thioether (sulfide) groups is 1. The summed E-state index contributed by atoms with van der Waals surface area (Å²) in [7, 11) is 0. The lowest BCUT2D eigenvalue weighted by molar-refractivity contribution is -0.163. The van der Waals surface area contributed by atoms with Crippen molar-refractivity contribution in [2.75, 3.05) is 19.8 Å². The Morgan fingerprint density at radius 2 is 2.09 bits per heavy atom. The van der Waals surface area contributed by atoms with Crippen LogP contribution in [0.2, 0.25) is 0 Å². The van der Waals surface area contributed by atoms with Crippen LogP contribution < -0.4 is 0 Å². The quantitative estimate of drug-likeness (QED) is 0.339. The van der Waals surface area contributed by atoms with Crippen LogP contribution in [0.1, 0.15) is 26.7 Å². The number of fused-ring (bicyclic) bond motifs is 1. The minimum atomic E-state index is -1.23. The summed E-state index contributed by atoms with van der Waals surface area (Å²) in [5.41, 5.74) is -0.0945. The van der Waals surface area contributed by atoms with E-state index in [1.54, 1.807) is 0 Å². The van der Waals surface area contributed by atoms with Gasteiger partial charge in [-0.3, -0.25) is 9.18 Å². The second-order valence-electron chi connectivity index (χ2n) is 8.38. The number of nitrogens with zero attached hydrogens (tertiary/aromatic N) is 2. The highest BCUT2D eigenvalue weighted by Gasteiger charge is 2.60. The molecule has 0 aromatic carbocycles. The summed E-state index contributed by atoms with van der Waals surface area (Å²) in [6.45, 7) is 6.25. The SMILES string of the molecule is C=CCOC(=O)N1C[C@@H](SC2=C(C(=O)O)N3C(=O)[C@H]([C@@H](C)O)[C@H]3[C@H]2C)C[C@H]1C(O)CCF. The van der Waals surface area contributed by atoms with Crippen LogP contribution in [0.5, 0.6) is 0 Å². The Morgan fingerprint density at radius 3 is 2.66 bits per heavy atom. The van der Waals surface area contributed by atoms with Crippen molar-refractivity contribution < 1.29 is 38.8 Å². The molecular formula is C21H29FN2O7S. The molecule has 7 atom stereocenters. The third-order valence-electron chi connectivity index (χ3n) is 6.32. The molecule has 0 bridgehead atoms. The number of carbonyl (C=O) groups excluding carboxylic acids is 2. The molecule has 0 aromatic rings. The third kappa shape index (κ3) is 4.25. The first kappa shape index (κ1) is 24.5. The van der Waals surface area contributed by atoms with Gasteiger partial charge in [0.2, 0.25) is 5.91 Å². The number of aliphatic hydroxyl groups is 2. The minimum Gasteiger partial charge on any atom is -0.477 e. The van der Waals surface area contributed by atoms with Crippen LogP contribution in [-0.2, 0) is 14.3 Å². The van der Waals surface area contributed by atoms with E-state index in [1.165, 1.54) is 34.6 Å². The Balaban J connectivity index is 1.82. The fourth-order valence-corrected chi connectivity index (χ4v) is 6.40. The van der Waals surface area contributed by atoms with Crippen LogP contribution in [0.25, 0.3) is 0 Å². The molecule has 3 rings (SSSR count). The molecule has 32 heavy (non-hydrogen) atoms. The van der Waals surface area contributed by atoms with Gasteiger partial charge in [0.15, 0.2) is 0 Å². The molecular weight excluding hydrogens is 443 g/mol. The van der Waals surface area contributed by atoms with E-state index in [0.29, 0.717) is 11.3 Å². The first-order valence-electron chi connectivity index (χ1n) is 10.6. The number of ether oxygens (including phenoxy) is 1. The maximum absolute atomic E-state index is 12.8. The zero-order valence-electron chi connectivity index (χ0n) is 18.0. The van der Waals surface area contributed by atoms with Crippen LogP contribution in [0.4, 0.5) is 9.18 Å². The van der Waals surface area contributed by atoms with E-state index in [1.807, 2.05) is 6.92 Å². The number of β-lactam (4-membered cyclic amide) rings is 1. The van der Waals surface area contributed by atoms with Crippen molar-refractivity contribution >= 4 is 29.7 Å². The van der Waals surface area contributed by atoms with E-state index in [0.717, 1.165) is 0 Å². The van der Waals surface area contributed by atoms with E-state index >= 15 is 0 Å². The van der Waals surface area contributed by atoms with Crippen LogP contribution in [0, 0.1) is 11.8 Å². The fourth-order valence-electron chi connectivity index (χ4n) is 4.86. The number of aliphatic hydroxyl groups excluding tert-OH is 2. The summed E-state index contributed by atoms with van der Waals surface area (Å²) in [6, 6.07) is -1.10. The van der Waals surface area contributed by atoms with Crippen molar-refractivity contribution in [2.24, 2.45) is 11.8 Å². The largest absolute Gasteiger partial charge is 0.477 e. The van der Waals surface area contributed by atoms with Crippen molar-refractivity contribution in [3.63, 3.8) is 0 Å². The first-order chi connectivity index (χ1) is 15.1. The summed E-state index contributed by atoms with van der Waals surface area (Å²) in [5.74, 6) is -2.61. The molecule has 3 aliphatic rings. The van der Waals surface area contributed by atoms with Gasteiger partial charge in [0.05, 0.1) is 36.9 Å². The highest BCUT2D eigenvalue weighted by atomic mass is 32.2. The number of carboxylic acids is 1. The Labute approximate surface area is 189 Å². The molecule has 3 heterocycles. The van der Waals surface area contributed by atoms with Gasteiger partial charge in [0.1, 0.15) is 12.3 Å². The lowest BCUT2D eigenvalue weighted by atomic mass is 9.79. The van der Waals surface area contributed by atoms with Crippen LogP contribution in [-0.4, -0.2) is 92.5 Å². The van der Waals surface area contributed by atoms with Gasteiger partial charge in [0.25, 0.3) is 0 Å². The normalized spacial score (nSPS) is 31.3. The number of carboxylic acid groups (broad SMARTS) is 1. The second kappa shape index (κ2) is 9.80. The maximum Gasteiger partial charge on any atom is 0.410 e. The van der Waals surface area contributed by atoms with Gasteiger partial charge in [-0.25, -0.2) is 9.59 Å². The smallest absolute Gasteiger partial charge is 0.410 e. The summed E-state index contributed by atoms with van der Waals surface area (Å²) in [4.78, 5) is 40.1. The van der Waals surface area contributed by atoms with E-state index < -0.39 is 54.9 Å². The van der Waals surface area contributed by atoms with Crippen molar-refractivity contribution in [1.82, 2.24) is 9.80 Å². The summed E-state index contributed by atoms with van der Waals surface area (Å²) in [5, 5.41) is 29.9. The standard InChI is InChI=1S/C21H29FN2O7S/c1-4-7-31-21(30)23-9-12(8-13(23)14(26)5-6-22)32-18-10(2)16-15(11(3)25)19(27)24(16)17(18)20(28)29/h4,10-16,25-26H,1,5-9H2,2-3H3,(H,28,29)/t10-,11-,12+,13+,14?,15-,16-/m1/s1. The van der Waals surface area contributed by atoms with Crippen LogP contribution >= 0.6 is 11.8 Å². The Hall–Kier alpha value is -2.11. The predicted molar refractivity (Wildman–Crippen MR) is 114 cm³/mol. The summed E-state index contributed by atoms with van der Waals surface area (Å²) in [6.07, 6.45) is -1.04. The monoisotopic (exact) mass is 472 g/mol. The van der Waals surface area contributed by atoms with Crippen molar-refractivity contribution in [3.05, 3.63) is 23.3 Å². The van der Waals surface area contributed by atoms with Crippen molar-refractivity contribution in [3.8, 4) is 0 Å². The maximum atomic E-state index is 12.8. The number of rotatable bonds is 9. The van der Waals surface area contributed by atoms with Gasteiger partial charge in [-0.05, 0) is 13.3 Å². The van der Waals surface area contributed by atoms with Gasteiger partial charge in [-0.1, -0.05) is 19.6 Å². The molecule has 2 saturated heterocycles. The molecule has 9 nitrogen and oxygen atoms in total. The number of halogens is 1. The first-order valence-corrected chi connectivity index (χ1v) is 11.5. The molecule has 178 valence electrons. The molecule has 0 spiro atoms. The van der Waals surface area contributed by atoms with E-state index in [9.17, 15) is 34.1 Å². The van der Waals surface area contributed by atoms with Crippen LogP contribution in [0.15, 0.2) is 23.3 Å². The van der Waals surface area contributed by atoms with E-state index in [2.05, 4.69) is 6.58 Å². The highest BCUT2D eigenvalue weighted by Crippen LogP contribution is 2.52. The van der Waals surface area contributed by atoms with Crippen LogP contribution in [0.3, 0.4) is 0 Å². The van der Waals surface area contributed by atoms with Gasteiger partial charge in [-0.2, -0.15) is 0 Å². The number of amides is 2. The molecule has 2 amide bonds. The lowest BCUT2D eigenvalue weighted by Crippen LogP contribution is -2.63. The van der Waals surface area contributed by atoms with Gasteiger partial charge in [0, 0.05) is 29.0 Å². The molecule has 3 N–H and O–H groups in total. The molecule has 0 radical (unpaired) electrons. The number of likely N-dealkylation sites (tertiary alicyclic amines) is 1. The Bertz CT molecular complexity index is 820. The topological polar surface area (TPSA) is 128 Å². The summed E-state index contributed by atoms with van der Waals surface area (Å²) < 4.78 is 17.9. The predicted octanol–water partition coefficient (Wildman–Crippen LogP) is 1.36. The molecule has 2 fully saturated rings. The highest BCUT2D eigenvalue weighted by molar-refractivity contribution is 8.03. The molecule has 3 aliphatic heterocycles. The number of hydrogen-bond donors (Lipinski definition) is 3. The van der Waals surface area contributed by atoms with Crippen molar-refractivity contribution in [1.29, 1.82) is 0 Å². The molecule has 1 unspecified atom stereocenters. The fraction of sp³-hybridized carbons (Fsp3) is 0.667. The Kier molecular flexibility index (Phi) is 7.51. The lowest BCUT2D eigenvalue weighted by Gasteiger charge is -2.46. The molecule has 11 heteroatoms. The van der Waals surface area contributed by atoms with Crippen molar-refractivity contribution in [2.45, 2.75) is 56.2 Å². The number of alkyl halides is 1. The molecule has 0 saturated carbocycles. The number of aliphatic carboxylic acids is 1. The zero-order valence-corrected chi connectivity index (χ0v) is 18.8.